The number of nitrogens with two attached hydrogens (primary N) is 1. The van der Waals surface area contributed by atoms with Gasteiger partial charge in [0.05, 0.1) is 0 Å². The molecule has 0 heterocycles. The molecule has 1 aromatic carbocycles. The van der Waals surface area contributed by atoms with Gasteiger partial charge in [-0.1, -0.05) is 0 Å². The van der Waals surface area contributed by atoms with Crippen molar-refractivity contribution in [3.63, 3.8) is 0 Å². The topological polar surface area (TPSA) is 46.3 Å². The van der Waals surface area contributed by atoms with Crippen LogP contribution < -0.4 is 10.6 Å². The Kier molecular flexibility index (Phi) is 3.15. The quantitative estimate of drug-likeness (QED) is 0.873. The monoisotopic (exact) mass is 236 g/mol. The molecular weight excluding hydrogens is 219 g/mol. The molecule has 1 fully saturated rings. The Balaban J connectivity index is 2.01. The molecule has 1 saturated carbocycles. The molecule has 0 bridgehead atoms. The number of anilines is 1. The smallest absolute Gasteiger partial charge is 0.228 e. The molecule has 2 rings (SSSR count). The van der Waals surface area contributed by atoms with Crippen molar-refractivity contribution in [3.05, 3.63) is 30.1 Å². The number of hydrogen-bond acceptors (Lipinski definition) is 2. The summed E-state index contributed by atoms with van der Waals surface area (Å²) in [6.45, 7) is 0. The van der Waals surface area contributed by atoms with E-state index in [1.54, 1.807) is 19.2 Å². The number of amides is 1. The maximum atomic E-state index is 12.8. The fourth-order valence-corrected chi connectivity index (χ4v) is 2.04. The molecule has 0 atom stereocenters. The number of nitrogens with zero attached hydrogens (tertiary/aromatic N) is 1. The Labute approximate surface area is 100 Å². The fraction of sp³-hybridized carbons (Fsp3) is 0.462. The highest BCUT2D eigenvalue weighted by Crippen LogP contribution is 2.33. The highest BCUT2D eigenvalue weighted by atomic mass is 19.1. The number of rotatable bonds is 3. The van der Waals surface area contributed by atoms with Crippen molar-refractivity contribution in [3.8, 4) is 0 Å². The molecule has 92 valence electrons. The van der Waals surface area contributed by atoms with Crippen LogP contribution in [0.3, 0.4) is 0 Å². The minimum Gasteiger partial charge on any atom is -0.325 e. The molecule has 0 spiro atoms. The minimum atomic E-state index is -0.314. The molecule has 2 N–H and O–H groups in total. The van der Waals surface area contributed by atoms with Gasteiger partial charge in [-0.3, -0.25) is 4.79 Å². The van der Waals surface area contributed by atoms with E-state index in [9.17, 15) is 9.18 Å². The number of hydrogen-bond donors (Lipinski definition) is 1. The number of carbonyl (C=O) groups is 1. The van der Waals surface area contributed by atoms with Crippen molar-refractivity contribution in [1.29, 1.82) is 0 Å². The Morgan fingerprint density at radius 3 is 2.47 bits per heavy atom. The van der Waals surface area contributed by atoms with Gasteiger partial charge in [0.2, 0.25) is 5.91 Å². The van der Waals surface area contributed by atoms with Crippen LogP contribution in [0.15, 0.2) is 24.3 Å². The number of carbonyl (C=O) groups excluding carboxylic acids is 1. The summed E-state index contributed by atoms with van der Waals surface area (Å²) in [5, 5.41) is 0. The molecule has 0 aliphatic heterocycles. The summed E-state index contributed by atoms with van der Waals surface area (Å²) in [5.74, 6) is -0.317. The first-order chi connectivity index (χ1) is 8.00. The normalized spacial score (nSPS) is 17.4. The summed E-state index contributed by atoms with van der Waals surface area (Å²) < 4.78 is 12.8. The molecule has 1 aliphatic carbocycles. The van der Waals surface area contributed by atoms with Crippen molar-refractivity contribution in [2.24, 2.45) is 5.73 Å². The number of benzene rings is 1. The van der Waals surface area contributed by atoms with E-state index in [1.807, 2.05) is 0 Å². The zero-order valence-corrected chi connectivity index (χ0v) is 9.95. The zero-order valence-electron chi connectivity index (χ0n) is 9.95. The molecule has 0 aromatic heterocycles. The van der Waals surface area contributed by atoms with E-state index in [4.69, 9.17) is 5.73 Å². The molecule has 3 nitrogen and oxygen atoms in total. The predicted octanol–water partition coefficient (Wildman–Crippen LogP) is 2.06. The van der Waals surface area contributed by atoms with Crippen LogP contribution in [0.1, 0.15) is 25.7 Å². The molecule has 4 heteroatoms. The Morgan fingerprint density at radius 1 is 1.41 bits per heavy atom. The van der Waals surface area contributed by atoms with Gasteiger partial charge in [-0.05, 0) is 43.5 Å². The average molecular weight is 236 g/mol. The van der Waals surface area contributed by atoms with Gasteiger partial charge in [0.1, 0.15) is 5.82 Å². The van der Waals surface area contributed by atoms with Gasteiger partial charge in [0.25, 0.3) is 0 Å². The second kappa shape index (κ2) is 4.45. The number of halogens is 1. The van der Waals surface area contributed by atoms with Crippen LogP contribution in [0, 0.1) is 5.82 Å². The Hall–Kier alpha value is -1.42. The van der Waals surface area contributed by atoms with Crippen LogP contribution in [0.25, 0.3) is 0 Å². The first-order valence-electron chi connectivity index (χ1n) is 5.81. The molecule has 0 radical (unpaired) electrons. The molecule has 1 aliphatic rings. The lowest BCUT2D eigenvalue weighted by Gasteiger charge is -2.38. The van der Waals surface area contributed by atoms with Crippen LogP contribution in [-0.2, 0) is 4.79 Å². The lowest BCUT2D eigenvalue weighted by molar-refractivity contribution is -0.120. The zero-order chi connectivity index (χ0) is 12.5. The summed E-state index contributed by atoms with van der Waals surface area (Å²) in [6.07, 6.45) is 3.29. The van der Waals surface area contributed by atoms with Crippen molar-refractivity contribution < 1.29 is 9.18 Å². The van der Waals surface area contributed by atoms with E-state index in [0.29, 0.717) is 12.1 Å². The summed E-state index contributed by atoms with van der Waals surface area (Å²) in [5.41, 5.74) is 6.42. The third-order valence-corrected chi connectivity index (χ3v) is 3.44. The van der Waals surface area contributed by atoms with Gasteiger partial charge in [-0.2, -0.15) is 0 Å². The third-order valence-electron chi connectivity index (χ3n) is 3.44. The van der Waals surface area contributed by atoms with E-state index < -0.39 is 0 Å². The first kappa shape index (κ1) is 12.0. The van der Waals surface area contributed by atoms with E-state index >= 15 is 0 Å². The van der Waals surface area contributed by atoms with Gasteiger partial charge in [0, 0.05) is 24.7 Å². The molecular formula is C13H17FN2O. The van der Waals surface area contributed by atoms with Crippen molar-refractivity contribution in [2.45, 2.75) is 31.2 Å². The minimum absolute atomic E-state index is 0.0150. The van der Waals surface area contributed by atoms with Crippen LogP contribution in [0.5, 0.6) is 0 Å². The molecule has 0 unspecified atom stereocenters. The second-order valence-corrected chi connectivity index (χ2v) is 4.82. The van der Waals surface area contributed by atoms with Crippen LogP contribution in [0.4, 0.5) is 10.1 Å². The van der Waals surface area contributed by atoms with Crippen molar-refractivity contribution >= 4 is 11.6 Å². The summed E-state index contributed by atoms with van der Waals surface area (Å²) in [6, 6.07) is 5.88. The van der Waals surface area contributed by atoms with E-state index in [1.165, 1.54) is 17.0 Å². The fourth-order valence-electron chi connectivity index (χ4n) is 2.04. The van der Waals surface area contributed by atoms with Gasteiger partial charge < -0.3 is 10.6 Å². The van der Waals surface area contributed by atoms with Gasteiger partial charge >= 0.3 is 0 Å². The van der Waals surface area contributed by atoms with Crippen LogP contribution in [0.2, 0.25) is 0 Å². The highest BCUT2D eigenvalue weighted by Gasteiger charge is 2.35. The largest absolute Gasteiger partial charge is 0.325 e. The summed E-state index contributed by atoms with van der Waals surface area (Å²) >= 11 is 0. The SMILES string of the molecule is CN(C(=O)CC1(N)CCC1)c1ccc(F)cc1. The van der Waals surface area contributed by atoms with Crippen molar-refractivity contribution in [2.75, 3.05) is 11.9 Å². The van der Waals surface area contributed by atoms with E-state index in [-0.39, 0.29) is 17.3 Å². The second-order valence-electron chi connectivity index (χ2n) is 4.82. The highest BCUT2D eigenvalue weighted by molar-refractivity contribution is 5.93. The summed E-state index contributed by atoms with van der Waals surface area (Å²) in [7, 11) is 1.69. The molecule has 0 saturated heterocycles. The van der Waals surface area contributed by atoms with Crippen molar-refractivity contribution in [1.82, 2.24) is 0 Å². The Morgan fingerprint density at radius 2 is 2.00 bits per heavy atom. The Bertz CT molecular complexity index is 412. The molecule has 1 aromatic rings. The predicted molar refractivity (Wildman–Crippen MR) is 65.2 cm³/mol. The van der Waals surface area contributed by atoms with Crippen LogP contribution >= 0.6 is 0 Å². The molecule has 1 amide bonds. The maximum absolute atomic E-state index is 12.8. The lowest BCUT2D eigenvalue weighted by atomic mass is 9.75. The average Bonchev–Trinajstić information content (AvgIpc) is 2.27. The van der Waals surface area contributed by atoms with Gasteiger partial charge in [0.15, 0.2) is 0 Å². The third kappa shape index (κ3) is 2.64. The van der Waals surface area contributed by atoms with E-state index in [2.05, 4.69) is 0 Å². The van der Waals surface area contributed by atoms with Gasteiger partial charge in [-0.25, -0.2) is 4.39 Å². The van der Waals surface area contributed by atoms with Gasteiger partial charge in [-0.15, -0.1) is 0 Å². The standard InChI is InChI=1S/C13H17FN2O/c1-16(11-5-3-10(14)4-6-11)12(17)9-13(15)7-2-8-13/h3-6H,2,7-9,15H2,1H3. The van der Waals surface area contributed by atoms with Crippen LogP contribution in [-0.4, -0.2) is 18.5 Å². The maximum Gasteiger partial charge on any atom is 0.228 e. The summed E-state index contributed by atoms with van der Waals surface area (Å²) in [4.78, 5) is 13.5. The lowest BCUT2D eigenvalue weighted by Crippen LogP contribution is -2.50. The van der Waals surface area contributed by atoms with E-state index in [0.717, 1.165) is 19.3 Å². The first-order valence-corrected chi connectivity index (χ1v) is 5.81. The molecule has 17 heavy (non-hydrogen) atoms.